The van der Waals surface area contributed by atoms with Crippen LogP contribution >= 0.6 is 0 Å². The van der Waals surface area contributed by atoms with E-state index in [1.54, 1.807) is 0 Å². The molecule has 0 radical (unpaired) electrons. The summed E-state index contributed by atoms with van der Waals surface area (Å²) in [6.45, 7) is 0. The molecule has 0 aliphatic carbocycles. The first-order valence-corrected chi connectivity index (χ1v) is 23.4. The molecule has 8 nitrogen and oxygen atoms in total. The van der Waals surface area contributed by atoms with Crippen LogP contribution in [0, 0.1) is 34.0 Å². The van der Waals surface area contributed by atoms with Gasteiger partial charge in [-0.15, -0.1) is 0 Å². The zero-order valence-electron chi connectivity index (χ0n) is 37.6. The molecule has 0 bridgehead atoms. The molecule has 71 heavy (non-hydrogen) atoms. The van der Waals surface area contributed by atoms with Gasteiger partial charge in [-0.3, -0.25) is 0 Å². The molecule has 15 rings (SSSR count). The normalized spacial score (nSPS) is 11.9. The third-order valence-electron chi connectivity index (χ3n) is 14.6. The van der Waals surface area contributed by atoms with E-state index in [1.807, 2.05) is 60.7 Å². The SMILES string of the molecule is N#Cc1ccc2c(c1)c1ccccc1n2-c1cc(-n2c3ccccc3c3ccccc32)c2oc3c(-n4c5ccccc5c5cc(C#N)ccc54)cc(-n4c5ccccc5c5cc(C#N)ccc54)cc3c2c1. The van der Waals surface area contributed by atoms with Crippen LogP contribution in [0.2, 0.25) is 0 Å². The summed E-state index contributed by atoms with van der Waals surface area (Å²) in [4.78, 5) is 0. The molecule has 0 unspecified atom stereocenters. The summed E-state index contributed by atoms with van der Waals surface area (Å²) >= 11 is 0. The molecule has 0 amide bonds. The van der Waals surface area contributed by atoms with Crippen LogP contribution in [0.3, 0.4) is 0 Å². The third-order valence-corrected chi connectivity index (χ3v) is 14.6. The van der Waals surface area contributed by atoms with Crippen LogP contribution in [0.1, 0.15) is 16.7 Å². The summed E-state index contributed by atoms with van der Waals surface area (Å²) in [5.74, 6) is 0. The predicted octanol–water partition coefficient (Wildman–Crippen LogP) is 15.6. The number of nitrogens with zero attached hydrogens (tertiary/aromatic N) is 7. The van der Waals surface area contributed by atoms with Gasteiger partial charge >= 0.3 is 0 Å². The van der Waals surface area contributed by atoms with Gasteiger partial charge in [0.25, 0.3) is 0 Å². The molecule has 5 aromatic heterocycles. The van der Waals surface area contributed by atoms with Crippen LogP contribution in [-0.4, -0.2) is 18.3 Å². The Morgan fingerprint density at radius 3 is 0.887 bits per heavy atom. The summed E-state index contributed by atoms with van der Waals surface area (Å²) in [6, 6.07) is 76.0. The Morgan fingerprint density at radius 1 is 0.268 bits per heavy atom. The molecule has 15 aromatic rings. The number of hydrogen-bond acceptors (Lipinski definition) is 4. The topological polar surface area (TPSA) is 104 Å². The fraction of sp³-hybridized carbons (Fsp3) is 0. The fourth-order valence-corrected chi connectivity index (χ4v) is 11.6. The minimum atomic E-state index is 0.585. The molecule has 10 aromatic carbocycles. The van der Waals surface area contributed by atoms with Gasteiger partial charge in [-0.25, -0.2) is 0 Å². The molecule has 8 heteroatoms. The molecule has 0 atom stereocenters. The molecule has 0 spiro atoms. The van der Waals surface area contributed by atoms with E-state index in [4.69, 9.17) is 4.42 Å². The van der Waals surface area contributed by atoms with Crippen LogP contribution in [0.15, 0.2) is 205 Å². The average molecular weight is 904 g/mol. The van der Waals surface area contributed by atoms with Gasteiger partial charge < -0.3 is 22.7 Å². The first-order valence-electron chi connectivity index (χ1n) is 23.4. The highest BCUT2D eigenvalue weighted by Gasteiger charge is 2.26. The lowest BCUT2D eigenvalue weighted by atomic mass is 10.1. The Hall–Kier alpha value is -10.3. The Balaban J connectivity index is 1.16. The Morgan fingerprint density at radius 2 is 0.549 bits per heavy atom. The molecule has 0 saturated heterocycles. The first kappa shape index (κ1) is 38.7. The molecular formula is C63H33N7O. The smallest absolute Gasteiger partial charge is 0.159 e. The van der Waals surface area contributed by atoms with Crippen molar-refractivity contribution in [3.63, 3.8) is 0 Å². The van der Waals surface area contributed by atoms with Crippen molar-refractivity contribution < 1.29 is 4.42 Å². The zero-order valence-corrected chi connectivity index (χ0v) is 37.6. The van der Waals surface area contributed by atoms with Gasteiger partial charge in [0.2, 0.25) is 0 Å². The number of rotatable bonds is 4. The van der Waals surface area contributed by atoms with Gasteiger partial charge in [0, 0.05) is 65.2 Å². The van der Waals surface area contributed by atoms with Gasteiger partial charge in [0.05, 0.1) is 90.4 Å². The van der Waals surface area contributed by atoms with Crippen LogP contribution in [0.5, 0.6) is 0 Å². The second kappa shape index (κ2) is 14.3. The number of furan rings is 1. The third kappa shape index (κ3) is 5.29. The van der Waals surface area contributed by atoms with Gasteiger partial charge in [-0.05, 0) is 109 Å². The number of nitriles is 3. The van der Waals surface area contributed by atoms with Crippen LogP contribution in [0.25, 0.3) is 132 Å². The van der Waals surface area contributed by atoms with Gasteiger partial charge in [0.1, 0.15) is 0 Å². The second-order valence-electron chi connectivity index (χ2n) is 18.2. The van der Waals surface area contributed by atoms with Crippen molar-refractivity contribution in [3.05, 3.63) is 217 Å². The summed E-state index contributed by atoms with van der Waals surface area (Å²) in [5.41, 5.74) is 14.7. The van der Waals surface area contributed by atoms with Crippen LogP contribution in [-0.2, 0) is 0 Å². The van der Waals surface area contributed by atoms with E-state index in [9.17, 15) is 15.8 Å². The second-order valence-corrected chi connectivity index (χ2v) is 18.2. The summed E-state index contributed by atoms with van der Waals surface area (Å²) in [6.07, 6.45) is 0. The maximum atomic E-state index is 10.1. The molecule has 0 N–H and O–H groups in total. The van der Waals surface area contributed by atoms with Crippen molar-refractivity contribution >= 4 is 109 Å². The van der Waals surface area contributed by atoms with Crippen LogP contribution < -0.4 is 0 Å². The van der Waals surface area contributed by atoms with E-state index in [2.05, 4.69) is 176 Å². The van der Waals surface area contributed by atoms with Crippen molar-refractivity contribution in [2.75, 3.05) is 0 Å². The maximum absolute atomic E-state index is 10.1. The first-order chi connectivity index (χ1) is 35.1. The lowest BCUT2D eigenvalue weighted by molar-refractivity contribution is 0.663. The van der Waals surface area contributed by atoms with Crippen molar-refractivity contribution in [2.45, 2.75) is 0 Å². The Kier molecular flexibility index (Phi) is 7.83. The van der Waals surface area contributed by atoms with Crippen molar-refractivity contribution in [2.24, 2.45) is 0 Å². The highest BCUT2D eigenvalue weighted by molar-refractivity contribution is 6.18. The molecule has 0 aliphatic rings. The quantitative estimate of drug-likeness (QED) is 0.175. The van der Waals surface area contributed by atoms with E-state index >= 15 is 0 Å². The summed E-state index contributed by atoms with van der Waals surface area (Å²) < 4.78 is 16.8. The van der Waals surface area contributed by atoms with Gasteiger partial charge in [-0.1, -0.05) is 91.0 Å². The summed E-state index contributed by atoms with van der Waals surface area (Å²) in [7, 11) is 0. The predicted molar refractivity (Wildman–Crippen MR) is 285 cm³/mol. The minimum absolute atomic E-state index is 0.585. The molecule has 0 fully saturated rings. The summed E-state index contributed by atoms with van der Waals surface area (Å²) in [5, 5.41) is 40.4. The number of para-hydroxylation sites is 5. The Labute approximate surface area is 403 Å². The molecular weight excluding hydrogens is 871 g/mol. The van der Waals surface area contributed by atoms with E-state index < -0.39 is 0 Å². The van der Waals surface area contributed by atoms with Gasteiger partial charge in [-0.2, -0.15) is 15.8 Å². The standard InChI is InChI=1S/C63H33N7O/c64-34-37-21-24-57-47(27-37)44-13-3-6-16-52(44)67(57)40-30-50-51-31-41(68-53-17-7-4-14-45(53)48-28-38(35-65)22-25-58(48)68)33-61(70-56-20-10-5-15-46(56)49-29-39(36-66)23-26-59(49)70)63(51)71-62(50)60(32-40)69-54-18-8-1-11-42(54)43-12-2-9-19-55(43)69/h1-33H. The van der Waals surface area contributed by atoms with E-state index in [-0.39, 0.29) is 0 Å². The van der Waals surface area contributed by atoms with Crippen molar-refractivity contribution in [3.8, 4) is 41.0 Å². The number of aromatic nitrogens is 4. The lowest BCUT2D eigenvalue weighted by Gasteiger charge is -2.14. The van der Waals surface area contributed by atoms with E-state index in [0.29, 0.717) is 22.3 Å². The average Bonchev–Trinajstić information content (AvgIpc) is 4.23. The fourth-order valence-electron chi connectivity index (χ4n) is 11.6. The minimum Gasteiger partial charge on any atom is -0.452 e. The molecule has 326 valence electrons. The lowest BCUT2D eigenvalue weighted by Crippen LogP contribution is -2.00. The Bertz CT molecular complexity index is 4940. The van der Waals surface area contributed by atoms with Crippen LogP contribution in [0.4, 0.5) is 0 Å². The molecule has 0 aliphatic heterocycles. The van der Waals surface area contributed by atoms with Crippen molar-refractivity contribution in [1.29, 1.82) is 15.8 Å². The highest BCUT2D eigenvalue weighted by Crippen LogP contribution is 2.46. The van der Waals surface area contributed by atoms with Gasteiger partial charge in [0.15, 0.2) is 11.2 Å². The molecule has 0 saturated carbocycles. The highest BCUT2D eigenvalue weighted by atomic mass is 16.3. The largest absolute Gasteiger partial charge is 0.452 e. The molecule has 5 heterocycles. The maximum Gasteiger partial charge on any atom is 0.159 e. The monoisotopic (exact) mass is 903 g/mol. The number of benzene rings is 10. The van der Waals surface area contributed by atoms with Crippen molar-refractivity contribution in [1.82, 2.24) is 18.3 Å². The van der Waals surface area contributed by atoms with E-state index in [0.717, 1.165) is 126 Å². The number of fused-ring (bicyclic) bond motifs is 15. The number of hydrogen-bond donors (Lipinski definition) is 0. The van der Waals surface area contributed by atoms with E-state index in [1.165, 1.54) is 0 Å². The zero-order chi connectivity index (χ0) is 47.1.